The predicted octanol–water partition coefficient (Wildman–Crippen LogP) is 2.74. The van der Waals surface area contributed by atoms with Gasteiger partial charge in [0.25, 0.3) is 5.91 Å². The van der Waals surface area contributed by atoms with E-state index in [1.807, 2.05) is 0 Å². The van der Waals surface area contributed by atoms with E-state index in [2.05, 4.69) is 10.4 Å². The molecule has 2 fully saturated rings. The van der Waals surface area contributed by atoms with Crippen LogP contribution in [0, 0.1) is 17.2 Å². The van der Waals surface area contributed by atoms with Crippen LogP contribution in [-0.4, -0.2) is 21.6 Å². The third-order valence-electron chi connectivity index (χ3n) is 3.78. The van der Waals surface area contributed by atoms with E-state index in [1.54, 1.807) is 13.1 Å². The fourth-order valence-corrected chi connectivity index (χ4v) is 2.39. The lowest BCUT2D eigenvalue weighted by Gasteiger charge is -2.05. The van der Waals surface area contributed by atoms with E-state index in [-0.39, 0.29) is 23.2 Å². The van der Waals surface area contributed by atoms with Crippen molar-refractivity contribution in [3.63, 3.8) is 0 Å². The molecule has 132 valence electrons. The number of rotatable bonds is 3. The maximum absolute atomic E-state index is 11.4. The summed E-state index contributed by atoms with van der Waals surface area (Å²) < 4.78 is 1.45. The second-order valence-electron chi connectivity index (χ2n) is 6.04. The number of nitriles is 1. The van der Waals surface area contributed by atoms with Crippen LogP contribution in [0.5, 0.6) is 0 Å². The van der Waals surface area contributed by atoms with E-state index >= 15 is 0 Å². The van der Waals surface area contributed by atoms with Crippen LogP contribution in [0.15, 0.2) is 6.20 Å². The Kier molecular flexibility index (Phi) is 8.55. The van der Waals surface area contributed by atoms with Crippen LogP contribution in [-0.2, 0) is 11.8 Å². The van der Waals surface area contributed by atoms with Crippen molar-refractivity contribution in [3.8, 4) is 6.07 Å². The van der Waals surface area contributed by atoms with E-state index in [0.717, 1.165) is 12.8 Å². The third-order valence-corrected chi connectivity index (χ3v) is 3.78. The standard InChI is InChI=1S/C9H12N4O2.C6H12.C2H3N/c1-13-4-6(7(10)14)8(12-13)11-9(15)5-2-3-5;1-2-4-6-5-3-1;1-2-3/h4-5H,2-3H2,1H3,(H2,10,14)(H,11,12,15);1-6H2;1H3. The number of primary amides is 1. The van der Waals surface area contributed by atoms with Gasteiger partial charge in [0.05, 0.1) is 6.07 Å². The summed E-state index contributed by atoms with van der Waals surface area (Å²) >= 11 is 0. The lowest BCUT2D eigenvalue weighted by atomic mass is 10.0. The maximum Gasteiger partial charge on any atom is 0.254 e. The molecule has 0 atom stereocenters. The Morgan fingerprint density at radius 1 is 1.25 bits per heavy atom. The normalized spacial score (nSPS) is 15.7. The van der Waals surface area contributed by atoms with Crippen LogP contribution in [0.2, 0.25) is 0 Å². The predicted molar refractivity (Wildman–Crippen MR) is 92.1 cm³/mol. The molecule has 0 bridgehead atoms. The average molecular weight is 333 g/mol. The molecule has 0 aliphatic heterocycles. The van der Waals surface area contributed by atoms with Gasteiger partial charge in [-0.3, -0.25) is 14.3 Å². The number of amides is 2. The number of hydrogen-bond acceptors (Lipinski definition) is 4. The highest BCUT2D eigenvalue weighted by molar-refractivity contribution is 6.02. The molecule has 3 rings (SSSR count). The molecule has 24 heavy (non-hydrogen) atoms. The number of nitrogens with zero attached hydrogens (tertiary/aromatic N) is 3. The molecule has 2 aliphatic carbocycles. The third kappa shape index (κ3) is 7.27. The van der Waals surface area contributed by atoms with Gasteiger partial charge in [-0.05, 0) is 12.8 Å². The number of nitrogens with two attached hydrogens (primary N) is 1. The van der Waals surface area contributed by atoms with Crippen molar-refractivity contribution in [2.45, 2.75) is 58.3 Å². The van der Waals surface area contributed by atoms with E-state index in [4.69, 9.17) is 11.0 Å². The molecule has 2 saturated carbocycles. The van der Waals surface area contributed by atoms with E-state index in [1.165, 1.54) is 56.3 Å². The molecule has 2 aliphatic rings. The number of nitrogens with one attached hydrogen (secondary N) is 1. The molecule has 1 aromatic rings. The zero-order chi connectivity index (χ0) is 17.9. The number of aromatic nitrogens is 2. The van der Waals surface area contributed by atoms with Gasteiger partial charge in [0.2, 0.25) is 5.91 Å². The molecule has 0 radical (unpaired) electrons. The van der Waals surface area contributed by atoms with Gasteiger partial charge in [-0.25, -0.2) is 0 Å². The van der Waals surface area contributed by atoms with Crippen molar-refractivity contribution in [2.75, 3.05) is 5.32 Å². The first kappa shape index (κ1) is 19.7. The van der Waals surface area contributed by atoms with Crippen LogP contribution < -0.4 is 11.1 Å². The van der Waals surface area contributed by atoms with Crippen LogP contribution >= 0.6 is 0 Å². The Balaban J connectivity index is 0.000000265. The lowest BCUT2D eigenvalue weighted by molar-refractivity contribution is -0.117. The Morgan fingerprint density at radius 3 is 2.08 bits per heavy atom. The minimum atomic E-state index is -0.589. The molecular formula is C17H27N5O2. The fourth-order valence-electron chi connectivity index (χ4n) is 2.39. The van der Waals surface area contributed by atoms with Crippen molar-refractivity contribution >= 4 is 17.6 Å². The molecule has 0 aromatic carbocycles. The lowest BCUT2D eigenvalue weighted by Crippen LogP contribution is -2.18. The number of anilines is 1. The first-order valence-corrected chi connectivity index (χ1v) is 8.44. The Morgan fingerprint density at radius 2 is 1.71 bits per heavy atom. The van der Waals surface area contributed by atoms with Crippen molar-refractivity contribution in [1.29, 1.82) is 5.26 Å². The van der Waals surface area contributed by atoms with E-state index in [0.29, 0.717) is 0 Å². The first-order chi connectivity index (χ1) is 11.5. The summed E-state index contributed by atoms with van der Waals surface area (Å²) in [6.07, 6.45) is 12.3. The summed E-state index contributed by atoms with van der Waals surface area (Å²) in [5, 5.41) is 13.9. The van der Waals surface area contributed by atoms with Gasteiger partial charge in [0, 0.05) is 26.1 Å². The van der Waals surface area contributed by atoms with E-state index < -0.39 is 5.91 Å². The fraction of sp³-hybridized carbons (Fsp3) is 0.647. The summed E-state index contributed by atoms with van der Waals surface area (Å²) in [4.78, 5) is 22.5. The van der Waals surface area contributed by atoms with Gasteiger partial charge in [0.1, 0.15) is 5.56 Å². The highest BCUT2D eigenvalue weighted by Gasteiger charge is 2.30. The number of carbonyl (C=O) groups excluding carboxylic acids is 2. The smallest absolute Gasteiger partial charge is 0.254 e. The first-order valence-electron chi connectivity index (χ1n) is 8.44. The van der Waals surface area contributed by atoms with Gasteiger partial charge in [-0.2, -0.15) is 10.4 Å². The monoisotopic (exact) mass is 333 g/mol. The topological polar surface area (TPSA) is 114 Å². The number of aryl methyl sites for hydroxylation is 1. The van der Waals surface area contributed by atoms with Crippen LogP contribution in [0.3, 0.4) is 0 Å². The molecule has 7 heteroatoms. The van der Waals surface area contributed by atoms with Gasteiger partial charge in [0.15, 0.2) is 5.82 Å². The van der Waals surface area contributed by atoms with Gasteiger partial charge < -0.3 is 11.1 Å². The quantitative estimate of drug-likeness (QED) is 0.885. The molecule has 2 amide bonds. The maximum atomic E-state index is 11.4. The second kappa shape index (κ2) is 10.4. The van der Waals surface area contributed by atoms with Crippen molar-refractivity contribution in [3.05, 3.63) is 11.8 Å². The summed E-state index contributed by atoms with van der Waals surface area (Å²) in [5.74, 6) is -0.347. The van der Waals surface area contributed by atoms with Gasteiger partial charge in [-0.1, -0.05) is 38.5 Å². The van der Waals surface area contributed by atoms with E-state index in [9.17, 15) is 9.59 Å². The van der Waals surface area contributed by atoms with Gasteiger partial charge >= 0.3 is 0 Å². The summed E-state index contributed by atoms with van der Waals surface area (Å²) in [5.41, 5.74) is 5.39. The molecular weight excluding hydrogens is 306 g/mol. The average Bonchev–Trinajstić information content (AvgIpc) is 3.34. The molecule has 1 aromatic heterocycles. The number of carbonyl (C=O) groups is 2. The Hall–Kier alpha value is -2.36. The molecule has 0 unspecified atom stereocenters. The van der Waals surface area contributed by atoms with Crippen molar-refractivity contribution in [2.24, 2.45) is 18.7 Å². The highest BCUT2D eigenvalue weighted by Crippen LogP contribution is 2.30. The highest BCUT2D eigenvalue weighted by atomic mass is 16.2. The van der Waals surface area contributed by atoms with Crippen LogP contribution in [0.4, 0.5) is 5.82 Å². The molecule has 0 saturated heterocycles. The summed E-state index contributed by atoms with van der Waals surface area (Å²) in [6, 6.07) is 1.75. The zero-order valence-corrected chi connectivity index (χ0v) is 14.5. The SMILES string of the molecule is C1CCCCC1.CC#N.Cn1cc(C(N)=O)c(NC(=O)C2CC2)n1. The summed E-state index contributed by atoms with van der Waals surface area (Å²) in [7, 11) is 1.67. The van der Waals surface area contributed by atoms with Gasteiger partial charge in [-0.15, -0.1) is 0 Å². The van der Waals surface area contributed by atoms with Crippen LogP contribution in [0.25, 0.3) is 0 Å². The zero-order valence-electron chi connectivity index (χ0n) is 14.5. The minimum absolute atomic E-state index is 0.0766. The molecule has 1 heterocycles. The van der Waals surface area contributed by atoms with Crippen molar-refractivity contribution < 1.29 is 9.59 Å². The molecule has 7 nitrogen and oxygen atoms in total. The number of hydrogen-bond donors (Lipinski definition) is 2. The Labute approximate surface area is 143 Å². The second-order valence-corrected chi connectivity index (χ2v) is 6.04. The van der Waals surface area contributed by atoms with Crippen molar-refractivity contribution in [1.82, 2.24) is 9.78 Å². The summed E-state index contributed by atoms with van der Waals surface area (Å²) in [6.45, 7) is 1.43. The van der Waals surface area contributed by atoms with Crippen LogP contribution in [0.1, 0.15) is 68.6 Å². The largest absolute Gasteiger partial charge is 0.365 e. The molecule has 3 N–H and O–H groups in total. The Bertz CT molecular complexity index is 569. The molecule has 0 spiro atoms. The minimum Gasteiger partial charge on any atom is -0.365 e.